The highest BCUT2D eigenvalue weighted by molar-refractivity contribution is 5.83. The predicted molar refractivity (Wildman–Crippen MR) is 140 cm³/mol. The SMILES string of the molecule is CC(C)C(NC(=O)C(C)(F)F)[C@H](Oc1ccc2c(cnn2-c2ccc(=O)n(C)c2)c1)c1ccc(OC(F)(F)F)cc1. The lowest BCUT2D eigenvalue weighted by atomic mass is 9.92. The van der Waals surface area contributed by atoms with Gasteiger partial charge in [-0.15, -0.1) is 13.2 Å². The van der Waals surface area contributed by atoms with Gasteiger partial charge in [-0.1, -0.05) is 26.0 Å². The minimum atomic E-state index is -4.90. The second kappa shape index (κ2) is 11.2. The number of nitrogens with one attached hydrogen (secondary N) is 1. The van der Waals surface area contributed by atoms with Gasteiger partial charge in [-0.3, -0.25) is 9.59 Å². The molecule has 2 aromatic carbocycles. The number of pyridine rings is 1. The van der Waals surface area contributed by atoms with Crippen molar-refractivity contribution < 1.29 is 36.2 Å². The fourth-order valence-corrected chi connectivity index (χ4v) is 4.22. The number of halogens is 5. The number of rotatable bonds is 9. The summed E-state index contributed by atoms with van der Waals surface area (Å²) in [5.74, 6) is -5.79. The van der Waals surface area contributed by atoms with Crippen molar-refractivity contribution in [2.45, 2.75) is 45.2 Å². The monoisotopic (exact) mass is 578 g/mol. The average Bonchev–Trinajstić information content (AvgIpc) is 3.30. The Morgan fingerprint density at radius 2 is 1.63 bits per heavy atom. The molecule has 218 valence electrons. The van der Waals surface area contributed by atoms with E-state index in [-0.39, 0.29) is 5.56 Å². The molecule has 0 aliphatic rings. The summed E-state index contributed by atoms with van der Waals surface area (Å²) in [5, 5.41) is 7.36. The van der Waals surface area contributed by atoms with Gasteiger partial charge in [-0.25, -0.2) is 4.68 Å². The summed E-state index contributed by atoms with van der Waals surface area (Å²) >= 11 is 0. The van der Waals surface area contributed by atoms with Crippen molar-refractivity contribution in [1.29, 1.82) is 0 Å². The van der Waals surface area contributed by atoms with Gasteiger partial charge < -0.3 is 19.4 Å². The molecule has 2 aromatic heterocycles. The fourth-order valence-electron chi connectivity index (χ4n) is 4.22. The summed E-state index contributed by atoms with van der Waals surface area (Å²) < 4.78 is 78.8. The van der Waals surface area contributed by atoms with E-state index in [9.17, 15) is 31.5 Å². The molecule has 2 atom stereocenters. The number of aromatic nitrogens is 3. The molecule has 0 spiro atoms. The van der Waals surface area contributed by atoms with Crippen LogP contribution in [0.25, 0.3) is 16.6 Å². The average molecular weight is 579 g/mol. The molecule has 0 fully saturated rings. The lowest BCUT2D eigenvalue weighted by Crippen LogP contribution is -2.49. The van der Waals surface area contributed by atoms with Gasteiger partial charge in [-0.2, -0.15) is 13.9 Å². The zero-order valence-electron chi connectivity index (χ0n) is 22.4. The lowest BCUT2D eigenvalue weighted by Gasteiger charge is -2.32. The molecule has 4 aromatic rings. The van der Waals surface area contributed by atoms with Crippen molar-refractivity contribution in [2.24, 2.45) is 13.0 Å². The van der Waals surface area contributed by atoms with E-state index in [0.717, 1.165) is 12.1 Å². The van der Waals surface area contributed by atoms with Crippen molar-refractivity contribution in [1.82, 2.24) is 19.7 Å². The topological polar surface area (TPSA) is 87.4 Å². The van der Waals surface area contributed by atoms with Gasteiger partial charge in [0, 0.05) is 31.6 Å². The van der Waals surface area contributed by atoms with Crippen LogP contribution in [0.15, 0.2) is 71.8 Å². The Balaban J connectivity index is 1.71. The molecule has 1 unspecified atom stereocenters. The van der Waals surface area contributed by atoms with Crippen molar-refractivity contribution in [3.63, 3.8) is 0 Å². The van der Waals surface area contributed by atoms with Crippen LogP contribution in [0.1, 0.15) is 32.4 Å². The van der Waals surface area contributed by atoms with Crippen LogP contribution in [0.5, 0.6) is 11.5 Å². The Hall–Kier alpha value is -4.42. The number of alkyl halides is 5. The molecule has 1 N–H and O–H groups in total. The maximum atomic E-state index is 13.8. The van der Waals surface area contributed by atoms with Crippen molar-refractivity contribution in [3.8, 4) is 17.2 Å². The van der Waals surface area contributed by atoms with Gasteiger partial charge in [-0.05, 0) is 47.9 Å². The molecule has 41 heavy (non-hydrogen) atoms. The van der Waals surface area contributed by atoms with Gasteiger partial charge >= 0.3 is 12.3 Å². The van der Waals surface area contributed by atoms with Gasteiger partial charge in [0.2, 0.25) is 5.56 Å². The second-order valence-electron chi connectivity index (χ2n) is 9.90. The van der Waals surface area contributed by atoms with Crippen molar-refractivity contribution >= 4 is 16.8 Å². The van der Waals surface area contributed by atoms with Crippen LogP contribution in [0.3, 0.4) is 0 Å². The number of benzene rings is 2. The fraction of sp³-hybridized carbons (Fsp3) is 0.321. The highest BCUT2D eigenvalue weighted by Crippen LogP contribution is 2.33. The van der Waals surface area contributed by atoms with Crippen LogP contribution in [-0.4, -0.2) is 38.6 Å². The van der Waals surface area contributed by atoms with Crippen molar-refractivity contribution in [3.05, 3.63) is 82.9 Å². The third kappa shape index (κ3) is 7.02. The molecule has 0 saturated carbocycles. The number of fused-ring (bicyclic) bond motifs is 1. The normalized spacial score (nSPS) is 13.7. The first kappa shape index (κ1) is 29.6. The first-order chi connectivity index (χ1) is 19.1. The maximum absolute atomic E-state index is 13.8. The van der Waals surface area contributed by atoms with E-state index < -0.39 is 42.0 Å². The lowest BCUT2D eigenvalue weighted by molar-refractivity contribution is -0.274. The number of carbonyl (C=O) groups is 1. The Bertz CT molecular complexity index is 1590. The minimum Gasteiger partial charge on any atom is -0.484 e. The van der Waals surface area contributed by atoms with Gasteiger partial charge in [0.1, 0.15) is 17.6 Å². The Labute approximate surface area is 231 Å². The van der Waals surface area contributed by atoms with E-state index in [0.29, 0.717) is 34.8 Å². The summed E-state index contributed by atoms with van der Waals surface area (Å²) in [6.45, 7) is 3.85. The molecule has 4 rings (SSSR count). The Morgan fingerprint density at radius 3 is 2.22 bits per heavy atom. The molecular weight excluding hydrogens is 551 g/mol. The smallest absolute Gasteiger partial charge is 0.484 e. The van der Waals surface area contributed by atoms with Crippen LogP contribution < -0.4 is 20.3 Å². The van der Waals surface area contributed by atoms with Crippen LogP contribution in [0.4, 0.5) is 22.0 Å². The second-order valence-corrected chi connectivity index (χ2v) is 9.90. The van der Waals surface area contributed by atoms with Crippen LogP contribution in [0.2, 0.25) is 0 Å². The maximum Gasteiger partial charge on any atom is 0.573 e. The summed E-state index contributed by atoms with van der Waals surface area (Å²) in [5.41, 5.74) is 1.45. The molecular formula is C28H27F5N4O4. The van der Waals surface area contributed by atoms with E-state index in [4.69, 9.17) is 4.74 Å². The molecule has 0 bridgehead atoms. The quantitative estimate of drug-likeness (QED) is 0.264. The van der Waals surface area contributed by atoms with Gasteiger partial charge in [0.05, 0.1) is 23.4 Å². The zero-order chi connectivity index (χ0) is 30.1. The molecule has 1 amide bonds. The number of ether oxygens (including phenoxy) is 2. The van der Waals surface area contributed by atoms with E-state index in [2.05, 4.69) is 15.2 Å². The summed E-state index contributed by atoms with van der Waals surface area (Å²) in [7, 11) is 1.61. The standard InChI is InChI=1S/C28H27F5N4O4/c1-16(2)24(35-26(39)27(3,29)30)25(17-5-8-20(9-6-17)41-28(31,32)33)40-21-10-11-22-18(13-21)14-34-37(22)19-7-12-23(38)36(4)15-19/h5-16,24-25H,1-4H3,(H,35,39)/t24?,25-/m1/s1. The molecule has 13 heteroatoms. The number of hydrogen-bond donors (Lipinski definition) is 1. The van der Waals surface area contributed by atoms with Crippen LogP contribution in [0, 0.1) is 5.92 Å². The van der Waals surface area contributed by atoms with Gasteiger partial charge in [0.25, 0.3) is 5.91 Å². The highest BCUT2D eigenvalue weighted by atomic mass is 19.4. The number of hydrogen-bond acceptors (Lipinski definition) is 5. The first-order valence-electron chi connectivity index (χ1n) is 12.5. The number of aryl methyl sites for hydroxylation is 1. The Kier molecular flexibility index (Phi) is 8.09. The van der Waals surface area contributed by atoms with E-state index >= 15 is 0 Å². The van der Waals surface area contributed by atoms with E-state index in [1.165, 1.54) is 22.8 Å². The summed E-state index contributed by atoms with van der Waals surface area (Å²) in [6, 6.07) is 11.8. The number of carbonyl (C=O) groups excluding carboxylic acids is 1. The third-order valence-electron chi connectivity index (χ3n) is 6.30. The van der Waals surface area contributed by atoms with Crippen molar-refractivity contribution in [2.75, 3.05) is 0 Å². The zero-order valence-corrected chi connectivity index (χ0v) is 22.4. The summed E-state index contributed by atoms with van der Waals surface area (Å²) in [4.78, 5) is 24.0. The number of nitrogens with zero attached hydrogens (tertiary/aromatic N) is 3. The third-order valence-corrected chi connectivity index (χ3v) is 6.30. The first-order valence-corrected chi connectivity index (χ1v) is 12.5. The number of amides is 1. The largest absolute Gasteiger partial charge is 0.573 e. The highest BCUT2D eigenvalue weighted by Gasteiger charge is 2.38. The molecule has 0 saturated heterocycles. The molecule has 0 radical (unpaired) electrons. The van der Waals surface area contributed by atoms with Crippen LogP contribution >= 0.6 is 0 Å². The predicted octanol–water partition coefficient (Wildman–Crippen LogP) is 5.54. The van der Waals surface area contributed by atoms with E-state index in [1.54, 1.807) is 62.2 Å². The van der Waals surface area contributed by atoms with Gasteiger partial charge in [0.15, 0.2) is 0 Å². The molecule has 0 aliphatic carbocycles. The summed E-state index contributed by atoms with van der Waals surface area (Å²) in [6.07, 6.45) is -2.77. The molecule has 2 heterocycles. The molecule has 0 aliphatic heterocycles. The Morgan fingerprint density at radius 1 is 0.976 bits per heavy atom. The van der Waals surface area contributed by atoms with Crippen LogP contribution in [-0.2, 0) is 11.8 Å². The minimum absolute atomic E-state index is 0.183. The molecule has 8 nitrogen and oxygen atoms in total. The van der Waals surface area contributed by atoms with E-state index in [1.807, 2.05) is 0 Å².